The van der Waals surface area contributed by atoms with Crippen molar-refractivity contribution in [3.63, 3.8) is 0 Å². The van der Waals surface area contributed by atoms with Crippen molar-refractivity contribution in [3.8, 4) is 0 Å². The number of rotatable bonds is 6. The van der Waals surface area contributed by atoms with E-state index in [-0.39, 0.29) is 4.90 Å². The topological polar surface area (TPSA) is 68.4 Å². The van der Waals surface area contributed by atoms with Crippen LogP contribution in [0.15, 0.2) is 53.4 Å². The van der Waals surface area contributed by atoms with Crippen molar-refractivity contribution < 1.29 is 13.3 Å². The van der Waals surface area contributed by atoms with E-state index < -0.39 is 10.0 Å². The van der Waals surface area contributed by atoms with Crippen molar-refractivity contribution in [1.29, 1.82) is 0 Å². The molecule has 2 aromatic carbocycles. The third kappa shape index (κ3) is 4.46. The molecule has 29 heavy (non-hydrogen) atoms. The van der Waals surface area contributed by atoms with Crippen molar-refractivity contribution in [1.82, 2.24) is 9.55 Å². The quantitative estimate of drug-likeness (QED) is 0.651. The van der Waals surface area contributed by atoms with E-state index in [4.69, 9.17) is 4.98 Å². The smallest absolute Gasteiger partial charge is 0.261 e. The van der Waals surface area contributed by atoms with Crippen LogP contribution in [0.2, 0.25) is 0 Å². The number of likely N-dealkylation sites (tertiary alicyclic amines) is 1. The summed E-state index contributed by atoms with van der Waals surface area (Å²) in [7, 11) is -1.57. The van der Waals surface area contributed by atoms with Gasteiger partial charge in [0.1, 0.15) is 5.82 Å². The molecule has 0 bridgehead atoms. The minimum Gasteiger partial charge on any atom is -0.335 e. The van der Waals surface area contributed by atoms with Gasteiger partial charge in [0.2, 0.25) is 0 Å². The number of quaternary nitrogens is 1. The molecule has 1 aliphatic rings. The molecule has 0 saturated carbocycles. The highest BCUT2D eigenvalue weighted by molar-refractivity contribution is 7.92. The Balaban J connectivity index is 1.49. The number of nitrogens with zero attached hydrogens (tertiary/aromatic N) is 2. The minimum atomic E-state index is -3.60. The van der Waals surface area contributed by atoms with Crippen LogP contribution in [0.25, 0.3) is 11.0 Å². The third-order valence-corrected chi connectivity index (χ3v) is 7.36. The van der Waals surface area contributed by atoms with Gasteiger partial charge >= 0.3 is 0 Å². The fourth-order valence-corrected chi connectivity index (χ4v) is 5.13. The normalized spacial score (nSPS) is 20.1. The molecule has 7 heteroatoms. The largest absolute Gasteiger partial charge is 0.335 e. The van der Waals surface area contributed by atoms with Crippen LogP contribution < -0.4 is 9.62 Å². The lowest BCUT2D eigenvalue weighted by Gasteiger charge is -2.27. The Labute approximate surface area is 172 Å². The van der Waals surface area contributed by atoms with Gasteiger partial charge in [0, 0.05) is 7.05 Å². The Bertz CT molecular complexity index is 1080. The summed E-state index contributed by atoms with van der Waals surface area (Å²) in [4.78, 5) is 6.70. The number of piperidine rings is 1. The molecule has 2 N–H and O–H groups in total. The molecule has 154 valence electrons. The first-order chi connectivity index (χ1) is 13.9. The zero-order valence-corrected chi connectivity index (χ0v) is 17.9. The Kier molecular flexibility index (Phi) is 5.61. The zero-order valence-electron chi connectivity index (χ0n) is 17.1. The molecule has 3 aromatic rings. The van der Waals surface area contributed by atoms with Gasteiger partial charge in [-0.05, 0) is 49.1 Å². The summed E-state index contributed by atoms with van der Waals surface area (Å²) in [6, 6.07) is 13.9. The highest BCUT2D eigenvalue weighted by atomic mass is 32.2. The highest BCUT2D eigenvalue weighted by Gasteiger charge is 2.20. The molecule has 6 nitrogen and oxygen atoms in total. The van der Waals surface area contributed by atoms with Crippen molar-refractivity contribution in [2.45, 2.75) is 31.1 Å². The van der Waals surface area contributed by atoms with Crippen LogP contribution in [-0.2, 0) is 23.5 Å². The molecule has 0 aliphatic carbocycles. The first-order valence-electron chi connectivity index (χ1n) is 10.3. The Morgan fingerprint density at radius 1 is 1.14 bits per heavy atom. The number of imidazole rings is 1. The maximum Gasteiger partial charge on any atom is 0.261 e. The fraction of sp³-hybridized carbons (Fsp3) is 0.409. The molecule has 0 amide bonds. The van der Waals surface area contributed by atoms with Gasteiger partial charge in [0.15, 0.2) is 0 Å². The second kappa shape index (κ2) is 8.16. The number of hydrogen-bond acceptors (Lipinski definition) is 3. The molecule has 1 aliphatic heterocycles. The van der Waals surface area contributed by atoms with Gasteiger partial charge in [-0.1, -0.05) is 25.1 Å². The van der Waals surface area contributed by atoms with Crippen LogP contribution in [-0.4, -0.2) is 37.6 Å². The lowest BCUT2D eigenvalue weighted by atomic mass is 9.99. The number of hydrogen-bond donors (Lipinski definition) is 2. The van der Waals surface area contributed by atoms with E-state index in [9.17, 15) is 8.42 Å². The average Bonchev–Trinajstić information content (AvgIpc) is 3.03. The molecule has 1 saturated heterocycles. The maximum absolute atomic E-state index is 12.6. The van der Waals surface area contributed by atoms with Gasteiger partial charge in [-0.25, -0.2) is 13.4 Å². The monoisotopic (exact) mass is 413 g/mol. The van der Waals surface area contributed by atoms with E-state index in [2.05, 4.69) is 16.2 Å². The zero-order chi connectivity index (χ0) is 20.4. The Morgan fingerprint density at radius 2 is 1.86 bits per heavy atom. The summed E-state index contributed by atoms with van der Waals surface area (Å²) in [6.45, 7) is 5.93. The van der Waals surface area contributed by atoms with Crippen molar-refractivity contribution in [3.05, 3.63) is 54.4 Å². The SMILES string of the molecule is CC1CC[NH+](CCc2nc3cc(NS(=O)(=O)c4ccccc4)ccc3n2C)CC1. The van der Waals surface area contributed by atoms with Crippen molar-refractivity contribution >= 4 is 26.7 Å². The van der Waals surface area contributed by atoms with E-state index in [1.165, 1.54) is 25.9 Å². The molecule has 0 radical (unpaired) electrons. The number of sulfonamides is 1. The highest BCUT2D eigenvalue weighted by Crippen LogP contribution is 2.22. The Hall–Kier alpha value is -2.38. The third-order valence-electron chi connectivity index (χ3n) is 5.96. The lowest BCUT2D eigenvalue weighted by Crippen LogP contribution is -3.13. The molecule has 2 heterocycles. The van der Waals surface area contributed by atoms with Gasteiger partial charge in [-0.15, -0.1) is 0 Å². The van der Waals surface area contributed by atoms with Crippen molar-refractivity contribution in [2.75, 3.05) is 24.4 Å². The average molecular weight is 414 g/mol. The van der Waals surface area contributed by atoms with Crippen LogP contribution in [0.3, 0.4) is 0 Å². The first-order valence-corrected chi connectivity index (χ1v) is 11.8. The summed E-state index contributed by atoms with van der Waals surface area (Å²) >= 11 is 0. The van der Waals surface area contributed by atoms with Crippen molar-refractivity contribution in [2.24, 2.45) is 13.0 Å². The fourth-order valence-electron chi connectivity index (χ4n) is 4.06. The number of aromatic nitrogens is 2. The predicted octanol–water partition coefficient (Wildman–Crippen LogP) is 2.23. The minimum absolute atomic E-state index is 0.251. The van der Waals surface area contributed by atoms with Gasteiger partial charge < -0.3 is 9.47 Å². The lowest BCUT2D eigenvalue weighted by molar-refractivity contribution is -0.906. The van der Waals surface area contributed by atoms with Crippen LogP contribution in [0, 0.1) is 5.92 Å². The number of nitrogens with one attached hydrogen (secondary N) is 2. The van der Waals surface area contributed by atoms with E-state index in [0.717, 1.165) is 35.7 Å². The first kappa shape index (κ1) is 19.9. The second-order valence-electron chi connectivity index (χ2n) is 8.14. The molecule has 1 aromatic heterocycles. The Morgan fingerprint density at radius 3 is 2.59 bits per heavy atom. The molecule has 0 atom stereocenters. The predicted molar refractivity (Wildman–Crippen MR) is 116 cm³/mol. The molecule has 4 rings (SSSR count). The van der Waals surface area contributed by atoms with Crippen LogP contribution in [0.5, 0.6) is 0 Å². The van der Waals surface area contributed by atoms with Crippen LogP contribution >= 0.6 is 0 Å². The summed E-state index contributed by atoms with van der Waals surface area (Å²) in [5.74, 6) is 1.90. The van der Waals surface area contributed by atoms with Gasteiger partial charge in [-0.3, -0.25) is 4.72 Å². The van der Waals surface area contributed by atoms with E-state index in [1.54, 1.807) is 41.3 Å². The summed E-state index contributed by atoms with van der Waals surface area (Å²) in [5.41, 5.74) is 2.37. The summed E-state index contributed by atoms with van der Waals surface area (Å²) in [5, 5.41) is 0. The number of fused-ring (bicyclic) bond motifs is 1. The standard InChI is InChI=1S/C22H28N4O2S/c1-17-10-13-26(14-11-17)15-12-22-23-20-16-18(8-9-21(20)25(22)2)24-29(27,28)19-6-4-3-5-7-19/h3-9,16-17,24H,10-15H2,1-2H3/p+1. The number of aryl methyl sites for hydroxylation is 1. The summed E-state index contributed by atoms with van der Waals surface area (Å²) < 4.78 is 29.9. The molecule has 0 unspecified atom stereocenters. The van der Waals surface area contributed by atoms with Crippen LogP contribution in [0.4, 0.5) is 5.69 Å². The van der Waals surface area contributed by atoms with E-state index >= 15 is 0 Å². The number of benzene rings is 2. The number of anilines is 1. The van der Waals surface area contributed by atoms with Gasteiger partial charge in [0.05, 0.1) is 47.7 Å². The molecule has 1 fully saturated rings. The second-order valence-corrected chi connectivity index (χ2v) is 9.82. The molecular formula is C22H29N4O2S+. The van der Waals surface area contributed by atoms with Crippen LogP contribution in [0.1, 0.15) is 25.6 Å². The van der Waals surface area contributed by atoms with E-state index in [0.29, 0.717) is 5.69 Å². The maximum atomic E-state index is 12.6. The van der Waals surface area contributed by atoms with E-state index in [1.807, 2.05) is 19.2 Å². The summed E-state index contributed by atoms with van der Waals surface area (Å²) in [6.07, 6.45) is 3.55. The van der Waals surface area contributed by atoms with Gasteiger partial charge in [-0.2, -0.15) is 0 Å². The molecule has 0 spiro atoms. The molecular weight excluding hydrogens is 384 g/mol. The van der Waals surface area contributed by atoms with Gasteiger partial charge in [0.25, 0.3) is 10.0 Å².